The minimum absolute atomic E-state index is 0.00271. The zero-order valence-corrected chi connectivity index (χ0v) is 19.3. The third-order valence-corrected chi connectivity index (χ3v) is 6.64. The first-order chi connectivity index (χ1) is 17.0. The number of hydrogen-bond acceptors (Lipinski definition) is 12. The molecule has 36 heavy (non-hydrogen) atoms. The molecule has 0 aliphatic carbocycles. The molecule has 0 saturated carbocycles. The number of ether oxygens (including phenoxy) is 2. The van der Waals surface area contributed by atoms with E-state index in [1.54, 1.807) is 4.98 Å². The summed E-state index contributed by atoms with van der Waals surface area (Å²) in [5, 5.41) is 19.8. The molecule has 0 radical (unpaired) electrons. The number of rotatable bonds is 8. The minimum Gasteiger partial charge on any atom is -0.394 e. The van der Waals surface area contributed by atoms with Gasteiger partial charge in [-0.3, -0.25) is 28.0 Å². The van der Waals surface area contributed by atoms with Crippen molar-refractivity contribution in [3.05, 3.63) is 55.6 Å². The molecule has 2 aliphatic rings. The normalized spacial score (nSPS) is 29.9. The Morgan fingerprint density at radius 1 is 1.22 bits per heavy atom. The van der Waals surface area contributed by atoms with Gasteiger partial charge in [0.05, 0.1) is 25.5 Å². The molecule has 2 aromatic heterocycles. The van der Waals surface area contributed by atoms with E-state index in [0.29, 0.717) is 10.8 Å². The van der Waals surface area contributed by atoms with Gasteiger partial charge in [-0.2, -0.15) is 9.37 Å². The van der Waals surface area contributed by atoms with Crippen LogP contribution in [-0.2, 0) is 23.1 Å². The summed E-state index contributed by atoms with van der Waals surface area (Å²) in [4.78, 5) is 50.7. The molecule has 0 amide bonds. The minimum atomic E-state index is -4.83. The predicted octanol–water partition coefficient (Wildman–Crippen LogP) is -2.05. The molecule has 18 heteroatoms. The Kier molecular flexibility index (Phi) is 7.53. The zero-order chi connectivity index (χ0) is 26.2. The van der Waals surface area contributed by atoms with Crippen LogP contribution in [0.2, 0.25) is 0 Å². The standard InChI is InChI=1S/C18H23FN5O11P/c19-8-5-24(18(29)22-16(8)27)15-4-10(11(6-25)33-15)35-36(30,31)32-7-12-9(26)3-14(34-12)23-2-1-13(20)21-17(23)28/h1-2,5,9-12,14-15,25-26H,3-4,6-7H2,(H,30,31)(H2,20,21,28)(H,22,27,29)/t9-,10+,11-,12+,14-,15+/m0/s1. The van der Waals surface area contributed by atoms with Crippen molar-refractivity contribution in [2.45, 2.75) is 49.7 Å². The van der Waals surface area contributed by atoms with Crippen LogP contribution in [0.4, 0.5) is 10.2 Å². The highest BCUT2D eigenvalue weighted by molar-refractivity contribution is 7.47. The summed E-state index contributed by atoms with van der Waals surface area (Å²) in [5.74, 6) is -1.26. The van der Waals surface area contributed by atoms with Crippen molar-refractivity contribution >= 4 is 13.6 Å². The second-order valence-electron chi connectivity index (χ2n) is 8.07. The maximum atomic E-state index is 13.6. The largest absolute Gasteiger partial charge is 0.472 e. The number of anilines is 1. The lowest BCUT2D eigenvalue weighted by Gasteiger charge is -2.21. The van der Waals surface area contributed by atoms with Crippen molar-refractivity contribution in [3.63, 3.8) is 0 Å². The molecule has 198 valence electrons. The average molecular weight is 535 g/mol. The van der Waals surface area contributed by atoms with Crippen LogP contribution in [0.15, 0.2) is 32.8 Å². The van der Waals surface area contributed by atoms with Gasteiger partial charge < -0.3 is 30.3 Å². The zero-order valence-electron chi connectivity index (χ0n) is 18.4. The Morgan fingerprint density at radius 2 is 1.92 bits per heavy atom. The number of hydrogen-bond donors (Lipinski definition) is 5. The molecule has 7 atom stereocenters. The smallest absolute Gasteiger partial charge is 0.394 e. The lowest BCUT2D eigenvalue weighted by atomic mass is 10.2. The van der Waals surface area contributed by atoms with Crippen LogP contribution in [0.1, 0.15) is 25.3 Å². The van der Waals surface area contributed by atoms with E-state index in [1.807, 2.05) is 0 Å². The maximum Gasteiger partial charge on any atom is 0.472 e. The SMILES string of the molecule is Nc1ccn([C@@H]2C[C@H](O)[C@@H](COP(=O)(O)O[C@@H]3C[C@H](n4cc(F)c(=O)[nH]c4=O)O[C@H]3CO)O2)c(=O)n1. The lowest BCUT2D eigenvalue weighted by Crippen LogP contribution is -2.34. The molecule has 1 unspecified atom stereocenters. The summed E-state index contributed by atoms with van der Waals surface area (Å²) in [6, 6.07) is 1.36. The monoisotopic (exact) mass is 535 g/mol. The fraction of sp³-hybridized carbons (Fsp3) is 0.556. The molecule has 0 bridgehead atoms. The Morgan fingerprint density at radius 3 is 2.61 bits per heavy atom. The average Bonchev–Trinajstić information content (AvgIpc) is 3.37. The Bertz CT molecular complexity index is 1330. The van der Waals surface area contributed by atoms with Crippen LogP contribution in [-0.4, -0.2) is 71.8 Å². The number of nitrogens with two attached hydrogens (primary N) is 1. The summed E-state index contributed by atoms with van der Waals surface area (Å²) >= 11 is 0. The van der Waals surface area contributed by atoms with Crippen molar-refractivity contribution in [2.75, 3.05) is 18.9 Å². The van der Waals surface area contributed by atoms with E-state index in [0.717, 1.165) is 4.57 Å². The number of nitrogens with one attached hydrogen (secondary N) is 1. The van der Waals surface area contributed by atoms with Gasteiger partial charge in [-0.05, 0) is 6.07 Å². The molecule has 2 aliphatic heterocycles. The van der Waals surface area contributed by atoms with Gasteiger partial charge in [-0.25, -0.2) is 14.2 Å². The molecule has 2 saturated heterocycles. The topological polar surface area (TPSA) is 230 Å². The van der Waals surface area contributed by atoms with Crippen molar-refractivity contribution in [1.82, 2.24) is 19.1 Å². The quantitative estimate of drug-likeness (QED) is 0.229. The van der Waals surface area contributed by atoms with E-state index in [4.69, 9.17) is 24.3 Å². The summed E-state index contributed by atoms with van der Waals surface area (Å²) in [5.41, 5.74) is 2.51. The summed E-state index contributed by atoms with van der Waals surface area (Å²) in [6.45, 7) is -1.29. The van der Waals surface area contributed by atoms with Gasteiger partial charge in [0.1, 0.15) is 36.6 Å². The first kappa shape index (κ1) is 26.3. The van der Waals surface area contributed by atoms with Crippen LogP contribution >= 0.6 is 7.82 Å². The van der Waals surface area contributed by atoms with Crippen LogP contribution < -0.4 is 22.7 Å². The summed E-state index contributed by atoms with van der Waals surface area (Å²) in [6.07, 6.45) is -5.24. The highest BCUT2D eigenvalue weighted by Gasteiger charge is 2.43. The van der Waals surface area contributed by atoms with Crippen molar-refractivity contribution in [2.24, 2.45) is 0 Å². The number of phosphoric ester groups is 1. The number of aliphatic hydroxyl groups excluding tert-OH is 2. The Labute approximate surface area is 200 Å². The van der Waals surface area contributed by atoms with E-state index >= 15 is 0 Å². The van der Waals surface area contributed by atoms with Crippen LogP contribution in [0, 0.1) is 5.82 Å². The highest BCUT2D eigenvalue weighted by Crippen LogP contribution is 2.48. The van der Waals surface area contributed by atoms with E-state index in [-0.39, 0.29) is 18.7 Å². The molecule has 2 fully saturated rings. The third kappa shape index (κ3) is 5.63. The first-order valence-corrected chi connectivity index (χ1v) is 12.1. The number of nitrogens with zero attached hydrogens (tertiary/aromatic N) is 3. The number of aromatic amines is 1. The van der Waals surface area contributed by atoms with Gasteiger partial charge in [0.15, 0.2) is 0 Å². The molecule has 4 heterocycles. The van der Waals surface area contributed by atoms with Gasteiger partial charge >= 0.3 is 19.2 Å². The molecular weight excluding hydrogens is 512 g/mol. The third-order valence-electron chi connectivity index (χ3n) is 5.63. The van der Waals surface area contributed by atoms with E-state index in [1.165, 1.54) is 12.3 Å². The summed E-state index contributed by atoms with van der Waals surface area (Å²) < 4.78 is 48.9. The van der Waals surface area contributed by atoms with Crippen LogP contribution in [0.3, 0.4) is 0 Å². The molecule has 0 spiro atoms. The second kappa shape index (κ2) is 10.3. The van der Waals surface area contributed by atoms with Gasteiger partial charge in [-0.1, -0.05) is 0 Å². The number of phosphoric acid groups is 1. The first-order valence-electron chi connectivity index (χ1n) is 10.6. The Balaban J connectivity index is 1.38. The van der Waals surface area contributed by atoms with E-state index in [2.05, 4.69) is 4.98 Å². The number of H-pyrrole nitrogens is 1. The molecule has 4 rings (SSSR count). The molecule has 16 nitrogen and oxygen atoms in total. The molecular formula is C18H23FN5O11P. The number of halogens is 1. The van der Waals surface area contributed by atoms with Crippen LogP contribution in [0.5, 0.6) is 0 Å². The predicted molar refractivity (Wildman–Crippen MR) is 115 cm³/mol. The van der Waals surface area contributed by atoms with Gasteiger partial charge in [0.25, 0.3) is 5.56 Å². The Hall–Kier alpha value is -2.76. The van der Waals surface area contributed by atoms with Gasteiger partial charge in [0.2, 0.25) is 5.82 Å². The van der Waals surface area contributed by atoms with Crippen molar-refractivity contribution in [1.29, 1.82) is 0 Å². The number of aromatic nitrogens is 4. The maximum absolute atomic E-state index is 13.6. The fourth-order valence-electron chi connectivity index (χ4n) is 3.87. The highest BCUT2D eigenvalue weighted by atomic mass is 31.2. The molecule has 2 aromatic rings. The van der Waals surface area contributed by atoms with Crippen molar-refractivity contribution in [3.8, 4) is 0 Å². The van der Waals surface area contributed by atoms with Gasteiger partial charge in [-0.15, -0.1) is 0 Å². The fourth-order valence-corrected chi connectivity index (χ4v) is 4.83. The molecule has 0 aromatic carbocycles. The van der Waals surface area contributed by atoms with E-state index in [9.17, 15) is 38.4 Å². The molecule has 6 N–H and O–H groups in total. The van der Waals surface area contributed by atoms with Gasteiger partial charge in [0, 0.05) is 19.0 Å². The number of nitrogen functional groups attached to an aromatic ring is 1. The summed E-state index contributed by atoms with van der Waals surface area (Å²) in [7, 11) is -4.83. The lowest BCUT2D eigenvalue weighted by molar-refractivity contribution is -0.0576. The van der Waals surface area contributed by atoms with Crippen LogP contribution in [0.25, 0.3) is 0 Å². The number of aliphatic hydroxyl groups is 2. The van der Waals surface area contributed by atoms with E-state index < -0.39 is 80.7 Å². The second-order valence-corrected chi connectivity index (χ2v) is 9.48. The van der Waals surface area contributed by atoms with Crippen molar-refractivity contribution < 1.29 is 42.6 Å².